The van der Waals surface area contributed by atoms with Gasteiger partial charge in [0.2, 0.25) is 0 Å². The van der Waals surface area contributed by atoms with Crippen molar-refractivity contribution in [1.29, 1.82) is 0 Å². The molecule has 0 saturated heterocycles. The molecular weight excluding hydrogens is 326 g/mol. The second-order valence-electron chi connectivity index (χ2n) is 6.06. The molecule has 1 aromatic carbocycles. The van der Waals surface area contributed by atoms with E-state index in [0.29, 0.717) is 18.2 Å². The molecule has 7 heteroatoms. The number of pyridine rings is 1. The van der Waals surface area contributed by atoms with Gasteiger partial charge in [0.1, 0.15) is 6.61 Å². The minimum Gasteiger partial charge on any atom is -0.377 e. The Hall–Kier alpha value is -2.18. The maximum atomic E-state index is 6.09. The third-order valence-corrected chi connectivity index (χ3v) is 4.63. The molecule has 0 aliphatic carbocycles. The van der Waals surface area contributed by atoms with Crippen LogP contribution in [-0.2, 0) is 17.9 Å². The lowest BCUT2D eigenvalue weighted by molar-refractivity contribution is 0.171. The minimum atomic E-state index is 0.268. The molecule has 0 spiro atoms. The summed E-state index contributed by atoms with van der Waals surface area (Å²) in [5, 5.41) is 10.4. The Balaban J connectivity index is 1.74. The minimum absolute atomic E-state index is 0.268. The summed E-state index contributed by atoms with van der Waals surface area (Å²) in [6, 6.07) is 8.14. The highest BCUT2D eigenvalue weighted by molar-refractivity contribution is 6.31. The van der Waals surface area contributed by atoms with Crippen molar-refractivity contribution in [3.05, 3.63) is 47.1 Å². The van der Waals surface area contributed by atoms with Crippen molar-refractivity contribution in [1.82, 2.24) is 19.7 Å². The Bertz CT molecular complexity index is 894. The van der Waals surface area contributed by atoms with Gasteiger partial charge in [-0.05, 0) is 31.2 Å². The van der Waals surface area contributed by atoms with Gasteiger partial charge in [0, 0.05) is 35.9 Å². The van der Waals surface area contributed by atoms with Gasteiger partial charge in [0.25, 0.3) is 0 Å². The van der Waals surface area contributed by atoms with Crippen LogP contribution in [0.1, 0.15) is 24.6 Å². The molecule has 0 bridgehead atoms. The van der Waals surface area contributed by atoms with E-state index >= 15 is 0 Å². The van der Waals surface area contributed by atoms with Crippen molar-refractivity contribution in [3.63, 3.8) is 0 Å². The average molecular weight is 344 g/mol. The summed E-state index contributed by atoms with van der Waals surface area (Å²) in [6.07, 6.45) is 1.83. The SMILES string of the molecule is COCc1nnc2n1[C@@H](C)CN(c1ccnc3cc(Cl)ccc13)C2. The molecule has 0 saturated carbocycles. The van der Waals surface area contributed by atoms with E-state index in [0.717, 1.165) is 34.8 Å². The molecule has 24 heavy (non-hydrogen) atoms. The largest absolute Gasteiger partial charge is 0.377 e. The van der Waals surface area contributed by atoms with Gasteiger partial charge in [-0.3, -0.25) is 4.98 Å². The second kappa shape index (κ2) is 6.03. The predicted molar refractivity (Wildman–Crippen MR) is 93.2 cm³/mol. The highest BCUT2D eigenvalue weighted by Crippen LogP contribution is 2.32. The smallest absolute Gasteiger partial charge is 0.159 e. The van der Waals surface area contributed by atoms with Crippen LogP contribution in [0.2, 0.25) is 5.02 Å². The van der Waals surface area contributed by atoms with Crippen LogP contribution in [0.4, 0.5) is 5.69 Å². The topological polar surface area (TPSA) is 56.1 Å². The van der Waals surface area contributed by atoms with Crippen LogP contribution in [0.15, 0.2) is 30.5 Å². The number of ether oxygens (including phenoxy) is 1. The van der Waals surface area contributed by atoms with E-state index in [-0.39, 0.29) is 6.04 Å². The van der Waals surface area contributed by atoms with Crippen LogP contribution in [-0.4, -0.2) is 33.4 Å². The van der Waals surface area contributed by atoms with Gasteiger partial charge in [0.15, 0.2) is 11.6 Å². The summed E-state index contributed by atoms with van der Waals surface area (Å²) in [5.41, 5.74) is 2.05. The fourth-order valence-electron chi connectivity index (χ4n) is 3.41. The lowest BCUT2D eigenvalue weighted by Gasteiger charge is -2.34. The standard InChI is InChI=1S/C17H18ClN5O/c1-11-8-22(9-16-20-21-17(10-24-2)23(11)16)15-5-6-19-14-7-12(18)3-4-13(14)15/h3-7,11H,8-10H2,1-2H3/t11-/m0/s1. The van der Waals surface area contributed by atoms with Gasteiger partial charge in [0.05, 0.1) is 18.1 Å². The Labute approximate surface area is 145 Å². The summed E-state index contributed by atoms with van der Waals surface area (Å²) >= 11 is 6.09. The third-order valence-electron chi connectivity index (χ3n) is 4.39. The van der Waals surface area contributed by atoms with Gasteiger partial charge < -0.3 is 14.2 Å². The van der Waals surface area contributed by atoms with E-state index < -0.39 is 0 Å². The van der Waals surface area contributed by atoms with E-state index in [4.69, 9.17) is 16.3 Å². The highest BCUT2D eigenvalue weighted by atomic mass is 35.5. The zero-order valence-corrected chi connectivity index (χ0v) is 14.4. The molecular formula is C17H18ClN5O. The molecule has 6 nitrogen and oxygen atoms in total. The van der Waals surface area contributed by atoms with Crippen LogP contribution < -0.4 is 4.90 Å². The summed E-state index contributed by atoms with van der Waals surface area (Å²) in [5.74, 6) is 1.84. The first-order chi connectivity index (χ1) is 11.7. The Morgan fingerprint density at radius 1 is 1.29 bits per heavy atom. The van der Waals surface area contributed by atoms with Crippen LogP contribution >= 0.6 is 11.6 Å². The van der Waals surface area contributed by atoms with Crippen molar-refractivity contribution in [2.45, 2.75) is 26.1 Å². The zero-order chi connectivity index (χ0) is 16.7. The molecule has 0 N–H and O–H groups in total. The van der Waals surface area contributed by atoms with Crippen molar-refractivity contribution in [2.24, 2.45) is 0 Å². The first kappa shape index (κ1) is 15.4. The third kappa shape index (κ3) is 2.52. The number of benzene rings is 1. The molecule has 0 amide bonds. The van der Waals surface area contributed by atoms with E-state index in [9.17, 15) is 0 Å². The molecule has 1 aliphatic heterocycles. The van der Waals surface area contributed by atoms with E-state index in [1.165, 1.54) is 0 Å². The predicted octanol–water partition coefficient (Wildman–Crippen LogP) is 3.21. The Morgan fingerprint density at radius 3 is 3.00 bits per heavy atom. The van der Waals surface area contributed by atoms with Gasteiger partial charge in [-0.2, -0.15) is 0 Å². The Kier molecular flexibility index (Phi) is 3.86. The monoisotopic (exact) mass is 343 g/mol. The molecule has 2 aromatic heterocycles. The quantitative estimate of drug-likeness (QED) is 0.731. The molecule has 4 rings (SSSR count). The van der Waals surface area contributed by atoms with E-state index in [1.54, 1.807) is 7.11 Å². The molecule has 0 unspecified atom stereocenters. The number of halogens is 1. The molecule has 0 radical (unpaired) electrons. The Morgan fingerprint density at radius 2 is 2.17 bits per heavy atom. The number of rotatable bonds is 3. The fraction of sp³-hybridized carbons (Fsp3) is 0.353. The maximum absolute atomic E-state index is 6.09. The van der Waals surface area contributed by atoms with Gasteiger partial charge in [-0.1, -0.05) is 11.6 Å². The lowest BCUT2D eigenvalue weighted by atomic mass is 10.1. The number of nitrogens with zero attached hydrogens (tertiary/aromatic N) is 5. The summed E-state index contributed by atoms with van der Waals surface area (Å²) in [4.78, 5) is 6.75. The van der Waals surface area contributed by atoms with Crippen molar-refractivity contribution in [2.75, 3.05) is 18.6 Å². The molecule has 3 aromatic rings. The normalized spacial score (nSPS) is 17.3. The lowest BCUT2D eigenvalue weighted by Crippen LogP contribution is -2.37. The number of anilines is 1. The second-order valence-corrected chi connectivity index (χ2v) is 6.49. The first-order valence-corrected chi connectivity index (χ1v) is 8.26. The van der Waals surface area contributed by atoms with Gasteiger partial charge in [-0.15, -0.1) is 10.2 Å². The zero-order valence-electron chi connectivity index (χ0n) is 13.6. The van der Waals surface area contributed by atoms with Crippen LogP contribution in [0.5, 0.6) is 0 Å². The average Bonchev–Trinajstić information content (AvgIpc) is 2.98. The summed E-state index contributed by atoms with van der Waals surface area (Å²) in [6.45, 7) is 4.25. The van der Waals surface area contributed by atoms with Crippen molar-refractivity contribution in [3.8, 4) is 0 Å². The van der Waals surface area contributed by atoms with Crippen LogP contribution in [0.3, 0.4) is 0 Å². The molecule has 124 valence electrons. The summed E-state index contributed by atoms with van der Waals surface area (Å²) < 4.78 is 7.40. The summed E-state index contributed by atoms with van der Waals surface area (Å²) in [7, 11) is 1.68. The number of hydrogen-bond acceptors (Lipinski definition) is 5. The molecule has 3 heterocycles. The number of aromatic nitrogens is 4. The van der Waals surface area contributed by atoms with Crippen LogP contribution in [0, 0.1) is 0 Å². The van der Waals surface area contributed by atoms with Gasteiger partial charge >= 0.3 is 0 Å². The fourth-order valence-corrected chi connectivity index (χ4v) is 3.57. The molecule has 1 aliphatic rings. The van der Waals surface area contributed by atoms with Crippen molar-refractivity contribution < 1.29 is 4.74 Å². The first-order valence-electron chi connectivity index (χ1n) is 7.88. The molecule has 1 atom stereocenters. The van der Waals surface area contributed by atoms with Gasteiger partial charge in [-0.25, -0.2) is 0 Å². The van der Waals surface area contributed by atoms with E-state index in [1.807, 2.05) is 30.5 Å². The van der Waals surface area contributed by atoms with E-state index in [2.05, 4.69) is 31.6 Å². The highest BCUT2D eigenvalue weighted by Gasteiger charge is 2.27. The van der Waals surface area contributed by atoms with Crippen LogP contribution in [0.25, 0.3) is 10.9 Å². The maximum Gasteiger partial charge on any atom is 0.159 e. The number of hydrogen-bond donors (Lipinski definition) is 0. The molecule has 0 fully saturated rings. The number of methoxy groups -OCH3 is 1. The number of fused-ring (bicyclic) bond motifs is 2. The van der Waals surface area contributed by atoms with Crippen molar-refractivity contribution >= 4 is 28.2 Å².